The Labute approximate surface area is 203 Å². The molecule has 1 aromatic carbocycles. The zero-order valence-electron chi connectivity index (χ0n) is 18.3. The predicted molar refractivity (Wildman–Crippen MR) is 127 cm³/mol. The summed E-state index contributed by atoms with van der Waals surface area (Å²) in [5.74, 6) is -1.49. The summed E-state index contributed by atoms with van der Waals surface area (Å²) in [5.41, 5.74) is 3.16. The van der Waals surface area contributed by atoms with Crippen molar-refractivity contribution >= 4 is 40.7 Å². The maximum Gasteiger partial charge on any atom is 0.417 e. The Morgan fingerprint density at radius 3 is 2.63 bits per heavy atom. The van der Waals surface area contributed by atoms with E-state index in [-0.39, 0.29) is 24.0 Å². The monoisotopic (exact) mass is 497 g/mol. The molecule has 0 bridgehead atoms. The number of pyridine rings is 2. The topological polar surface area (TPSA) is 92.2 Å². The van der Waals surface area contributed by atoms with E-state index in [1.807, 2.05) is 6.92 Å². The third-order valence-corrected chi connectivity index (χ3v) is 5.84. The highest BCUT2D eigenvalue weighted by Gasteiger charge is 2.31. The summed E-state index contributed by atoms with van der Waals surface area (Å²) in [6.07, 6.45) is 0.469. The van der Waals surface area contributed by atoms with Crippen LogP contribution in [0.15, 0.2) is 54.5 Å². The highest BCUT2D eigenvalue weighted by Crippen LogP contribution is 2.29. The molecule has 1 aliphatic carbocycles. The number of Topliss-reactive ketones (excluding diaryl/α,β-unsaturated/α-hetero) is 1. The summed E-state index contributed by atoms with van der Waals surface area (Å²) in [6, 6.07) is 7.76. The quantitative estimate of drug-likeness (QED) is 0.364. The minimum Gasteiger partial charge on any atom is -0.478 e. The lowest BCUT2D eigenvalue weighted by Crippen LogP contribution is -2.14. The minimum atomic E-state index is -4.59. The molecule has 0 spiro atoms. The van der Waals surface area contributed by atoms with Gasteiger partial charge in [0.1, 0.15) is 4.99 Å². The average Bonchev–Trinajstić information content (AvgIpc) is 3.23. The van der Waals surface area contributed by atoms with Gasteiger partial charge in [-0.1, -0.05) is 24.4 Å². The molecular formula is C25H18F3N3O3S. The van der Waals surface area contributed by atoms with Crippen LogP contribution in [0.25, 0.3) is 6.08 Å². The number of carbonyl (C=O) groups excluding carboxylic acids is 1. The second-order valence-electron chi connectivity index (χ2n) is 8.07. The van der Waals surface area contributed by atoms with Crippen molar-refractivity contribution in [1.29, 1.82) is 0 Å². The van der Waals surface area contributed by atoms with E-state index in [1.165, 1.54) is 0 Å². The van der Waals surface area contributed by atoms with Gasteiger partial charge in [-0.05, 0) is 47.9 Å². The largest absolute Gasteiger partial charge is 0.478 e. The molecule has 2 N–H and O–H groups in total. The summed E-state index contributed by atoms with van der Waals surface area (Å²) in [4.78, 5) is 32.0. The van der Waals surface area contributed by atoms with Gasteiger partial charge in [0.05, 0.1) is 23.1 Å². The Morgan fingerprint density at radius 2 is 1.91 bits per heavy atom. The SMILES string of the molecule is Cc1ccc(CC(=O)c2cncc(C(F)(F)F)c2)cc1C(=S)Nc1cnc2c(c1)C=C(C(=O)O)C2. The van der Waals surface area contributed by atoms with Gasteiger partial charge in [-0.3, -0.25) is 14.8 Å². The molecule has 178 valence electrons. The van der Waals surface area contributed by atoms with E-state index in [1.54, 1.807) is 36.5 Å². The van der Waals surface area contributed by atoms with Crippen molar-refractivity contribution in [3.63, 3.8) is 0 Å². The number of carboxylic acids is 1. The van der Waals surface area contributed by atoms with Crippen LogP contribution in [0.4, 0.5) is 18.9 Å². The van der Waals surface area contributed by atoms with Crippen LogP contribution in [0, 0.1) is 6.92 Å². The first-order chi connectivity index (χ1) is 16.5. The molecule has 0 saturated heterocycles. The molecule has 0 atom stereocenters. The minimum absolute atomic E-state index is 0.123. The number of ketones is 1. The Bertz CT molecular complexity index is 1400. The molecule has 0 amide bonds. The number of nitrogens with one attached hydrogen (secondary N) is 1. The summed E-state index contributed by atoms with van der Waals surface area (Å²) in [6.45, 7) is 1.84. The van der Waals surface area contributed by atoms with Crippen LogP contribution in [0.5, 0.6) is 0 Å². The number of thiocarbonyl (C=S) groups is 1. The lowest BCUT2D eigenvalue weighted by molar-refractivity contribution is -0.138. The fourth-order valence-corrected chi connectivity index (χ4v) is 4.00. The maximum atomic E-state index is 12.9. The summed E-state index contributed by atoms with van der Waals surface area (Å²) < 4.78 is 38.8. The van der Waals surface area contributed by atoms with Crippen LogP contribution in [-0.4, -0.2) is 31.8 Å². The number of anilines is 1. The third-order valence-electron chi connectivity index (χ3n) is 5.52. The first-order valence-corrected chi connectivity index (χ1v) is 10.8. The van der Waals surface area contributed by atoms with Gasteiger partial charge in [-0.25, -0.2) is 4.79 Å². The Morgan fingerprint density at radius 1 is 1.14 bits per heavy atom. The number of alkyl halides is 3. The molecule has 3 aromatic rings. The number of carboxylic acid groups (broad SMARTS) is 1. The highest BCUT2D eigenvalue weighted by molar-refractivity contribution is 7.81. The molecule has 2 heterocycles. The van der Waals surface area contributed by atoms with Gasteiger partial charge in [-0.15, -0.1) is 0 Å². The van der Waals surface area contributed by atoms with E-state index in [9.17, 15) is 27.9 Å². The number of halogens is 3. The molecule has 2 aromatic heterocycles. The molecule has 4 rings (SSSR count). The number of rotatable bonds is 6. The standard InChI is InChI=1S/C25H18F3N3O3S/c1-13-2-3-14(5-22(32)17-7-18(11-29-10-17)25(26,27)28)4-20(13)23(35)31-19-8-15-6-16(24(33)34)9-21(15)30-12-19/h2-4,6-8,10-12H,5,9H2,1H3,(H,31,35)(H,33,34). The van der Waals surface area contributed by atoms with Crippen LogP contribution < -0.4 is 5.32 Å². The van der Waals surface area contributed by atoms with Gasteiger partial charge in [0.2, 0.25) is 0 Å². The van der Waals surface area contributed by atoms with Crippen molar-refractivity contribution in [2.75, 3.05) is 5.32 Å². The van der Waals surface area contributed by atoms with E-state index in [0.29, 0.717) is 39.3 Å². The lowest BCUT2D eigenvalue weighted by atomic mass is 9.99. The van der Waals surface area contributed by atoms with Crippen molar-refractivity contribution < 1.29 is 27.9 Å². The zero-order valence-corrected chi connectivity index (χ0v) is 19.1. The van der Waals surface area contributed by atoms with Gasteiger partial charge < -0.3 is 10.4 Å². The molecule has 0 unspecified atom stereocenters. The number of benzene rings is 1. The van der Waals surface area contributed by atoms with Gasteiger partial charge in [0.25, 0.3) is 0 Å². The normalized spacial score (nSPS) is 12.6. The molecular weight excluding hydrogens is 479 g/mol. The van der Waals surface area contributed by atoms with E-state index < -0.39 is 23.5 Å². The van der Waals surface area contributed by atoms with Crippen molar-refractivity contribution in [3.05, 3.63) is 93.6 Å². The average molecular weight is 497 g/mol. The van der Waals surface area contributed by atoms with E-state index in [2.05, 4.69) is 15.3 Å². The Kier molecular flexibility index (Phi) is 6.49. The molecule has 0 aliphatic heterocycles. The number of hydrogen-bond acceptors (Lipinski definition) is 5. The van der Waals surface area contributed by atoms with Crippen LogP contribution in [0.1, 0.15) is 43.9 Å². The lowest BCUT2D eigenvalue weighted by Gasteiger charge is -2.13. The van der Waals surface area contributed by atoms with Crippen molar-refractivity contribution in [2.24, 2.45) is 0 Å². The number of fused-ring (bicyclic) bond motifs is 1. The highest BCUT2D eigenvalue weighted by atomic mass is 32.1. The molecule has 0 radical (unpaired) electrons. The first-order valence-electron chi connectivity index (χ1n) is 10.4. The van der Waals surface area contributed by atoms with Gasteiger partial charge in [0, 0.05) is 41.9 Å². The first kappa shape index (κ1) is 24.2. The molecule has 0 fully saturated rings. The molecule has 1 aliphatic rings. The maximum absolute atomic E-state index is 12.9. The predicted octanol–water partition coefficient (Wildman–Crippen LogP) is 5.04. The van der Waals surface area contributed by atoms with Crippen molar-refractivity contribution in [2.45, 2.75) is 25.9 Å². The second kappa shape index (κ2) is 9.38. The van der Waals surface area contributed by atoms with Crippen molar-refractivity contribution in [3.8, 4) is 0 Å². The second-order valence-corrected chi connectivity index (χ2v) is 8.48. The summed E-state index contributed by atoms with van der Waals surface area (Å²) in [5, 5.41) is 12.3. The van der Waals surface area contributed by atoms with Crippen LogP contribution in [0.3, 0.4) is 0 Å². The molecule has 10 heteroatoms. The number of carbonyl (C=O) groups is 2. The number of hydrogen-bond donors (Lipinski definition) is 2. The number of aromatic nitrogens is 2. The fourth-order valence-electron chi connectivity index (χ4n) is 3.66. The number of nitrogens with zero attached hydrogens (tertiary/aromatic N) is 2. The van der Waals surface area contributed by atoms with Crippen LogP contribution in [-0.2, 0) is 23.8 Å². The van der Waals surface area contributed by atoms with E-state index in [0.717, 1.165) is 17.8 Å². The Hall–Kier alpha value is -3.92. The summed E-state index contributed by atoms with van der Waals surface area (Å²) >= 11 is 5.54. The van der Waals surface area contributed by atoms with E-state index in [4.69, 9.17) is 12.2 Å². The molecule has 0 saturated carbocycles. The molecule has 6 nitrogen and oxygen atoms in total. The van der Waals surface area contributed by atoms with Gasteiger partial charge >= 0.3 is 12.1 Å². The van der Waals surface area contributed by atoms with Crippen molar-refractivity contribution in [1.82, 2.24) is 9.97 Å². The van der Waals surface area contributed by atoms with Gasteiger partial charge in [0.15, 0.2) is 5.78 Å². The number of aliphatic carboxylic acids is 1. The molecule has 35 heavy (non-hydrogen) atoms. The van der Waals surface area contributed by atoms with Crippen LogP contribution in [0.2, 0.25) is 0 Å². The Balaban J connectivity index is 1.51. The fraction of sp³-hybridized carbons (Fsp3) is 0.160. The number of aryl methyl sites for hydroxylation is 1. The summed E-state index contributed by atoms with van der Waals surface area (Å²) in [7, 11) is 0. The zero-order chi connectivity index (χ0) is 25.3. The van der Waals surface area contributed by atoms with Crippen LogP contribution >= 0.6 is 12.2 Å². The van der Waals surface area contributed by atoms with E-state index >= 15 is 0 Å². The van der Waals surface area contributed by atoms with Gasteiger partial charge in [-0.2, -0.15) is 13.2 Å². The third kappa shape index (κ3) is 5.43. The smallest absolute Gasteiger partial charge is 0.417 e.